The fourth-order valence-corrected chi connectivity index (χ4v) is 3.39. The van der Waals surface area contributed by atoms with E-state index in [0.29, 0.717) is 17.8 Å². The highest BCUT2D eigenvalue weighted by molar-refractivity contribution is 5.83. The first-order valence-corrected chi connectivity index (χ1v) is 9.73. The fraction of sp³-hybridized carbons (Fsp3) is 0.208. The molecule has 1 N–H and O–H groups in total. The van der Waals surface area contributed by atoms with Gasteiger partial charge in [0.2, 0.25) is 0 Å². The normalized spacial score (nSPS) is 11.6. The van der Waals surface area contributed by atoms with Crippen molar-refractivity contribution in [1.82, 2.24) is 19.7 Å². The van der Waals surface area contributed by atoms with Crippen molar-refractivity contribution in [3.8, 4) is 33.5 Å². The molecule has 0 aliphatic carbocycles. The molecule has 30 heavy (non-hydrogen) atoms. The fourth-order valence-electron chi connectivity index (χ4n) is 3.39. The van der Waals surface area contributed by atoms with Gasteiger partial charge in [-0.1, -0.05) is 30.3 Å². The summed E-state index contributed by atoms with van der Waals surface area (Å²) in [6.45, 7) is 5.71. The van der Waals surface area contributed by atoms with E-state index in [2.05, 4.69) is 15.1 Å². The zero-order valence-electron chi connectivity index (χ0n) is 17.2. The SMILES string of the molecule is Cc1cnc(-c2ccc(-c3ccccc3-c3cnn(CC(C)(C)O)c3)cc2F)cn1. The zero-order valence-corrected chi connectivity index (χ0v) is 17.2. The van der Waals surface area contributed by atoms with Crippen molar-refractivity contribution in [1.29, 1.82) is 0 Å². The summed E-state index contributed by atoms with van der Waals surface area (Å²) in [6.07, 6.45) is 6.86. The summed E-state index contributed by atoms with van der Waals surface area (Å²) in [5.41, 5.74) is 4.37. The lowest BCUT2D eigenvalue weighted by molar-refractivity contribution is 0.0577. The van der Waals surface area contributed by atoms with E-state index in [9.17, 15) is 9.50 Å². The van der Waals surface area contributed by atoms with Crippen LogP contribution in [0.5, 0.6) is 0 Å². The molecule has 0 radical (unpaired) electrons. The summed E-state index contributed by atoms with van der Waals surface area (Å²) in [6, 6.07) is 13.0. The van der Waals surface area contributed by atoms with Gasteiger partial charge in [-0.3, -0.25) is 14.6 Å². The number of rotatable bonds is 5. The predicted molar refractivity (Wildman–Crippen MR) is 115 cm³/mol. The highest BCUT2D eigenvalue weighted by Crippen LogP contribution is 2.34. The van der Waals surface area contributed by atoms with Crippen LogP contribution in [-0.4, -0.2) is 30.5 Å². The highest BCUT2D eigenvalue weighted by atomic mass is 19.1. The Morgan fingerprint density at radius 2 is 1.67 bits per heavy atom. The molecule has 0 saturated carbocycles. The van der Waals surface area contributed by atoms with Crippen molar-refractivity contribution < 1.29 is 9.50 Å². The summed E-state index contributed by atoms with van der Waals surface area (Å²) in [4.78, 5) is 8.48. The quantitative estimate of drug-likeness (QED) is 0.516. The molecule has 0 atom stereocenters. The largest absolute Gasteiger partial charge is 0.389 e. The van der Waals surface area contributed by atoms with Crippen LogP contribution in [0.25, 0.3) is 33.5 Å². The molecule has 4 aromatic rings. The molecule has 0 spiro atoms. The van der Waals surface area contributed by atoms with Crippen molar-refractivity contribution >= 4 is 0 Å². The molecular weight excluding hydrogens is 379 g/mol. The number of aryl methyl sites for hydroxylation is 1. The standard InChI is InChI=1S/C24H23FN4O/c1-16-11-27-23(13-26-16)21-9-8-17(10-22(21)25)19-6-4-5-7-20(19)18-12-28-29(14-18)15-24(2,3)30/h4-14,30H,15H2,1-3H3. The molecule has 5 nitrogen and oxygen atoms in total. The van der Waals surface area contributed by atoms with Gasteiger partial charge in [0.15, 0.2) is 0 Å². The molecule has 0 saturated heterocycles. The van der Waals surface area contributed by atoms with Gasteiger partial charge in [-0.25, -0.2) is 4.39 Å². The molecule has 2 heterocycles. The number of benzene rings is 2. The van der Waals surface area contributed by atoms with Gasteiger partial charge in [-0.05, 0) is 49.6 Å². The molecule has 0 unspecified atom stereocenters. The van der Waals surface area contributed by atoms with Gasteiger partial charge >= 0.3 is 0 Å². The van der Waals surface area contributed by atoms with Crippen LogP contribution in [0.1, 0.15) is 19.5 Å². The van der Waals surface area contributed by atoms with E-state index >= 15 is 0 Å². The van der Waals surface area contributed by atoms with Gasteiger partial charge in [0, 0.05) is 23.5 Å². The number of aliphatic hydroxyl groups is 1. The minimum absolute atomic E-state index is 0.349. The van der Waals surface area contributed by atoms with Crippen LogP contribution in [0.15, 0.2) is 67.3 Å². The third kappa shape index (κ3) is 4.28. The summed E-state index contributed by atoms with van der Waals surface area (Å²) >= 11 is 0. The molecule has 4 rings (SSSR count). The second kappa shape index (κ2) is 7.80. The Bertz CT molecular complexity index is 1180. The predicted octanol–water partition coefficient (Wildman–Crippen LogP) is 4.89. The molecule has 2 aromatic heterocycles. The lowest BCUT2D eigenvalue weighted by Crippen LogP contribution is -2.26. The maximum Gasteiger partial charge on any atom is 0.133 e. The van der Waals surface area contributed by atoms with E-state index in [1.54, 1.807) is 43.2 Å². The lowest BCUT2D eigenvalue weighted by Gasteiger charge is -2.16. The molecule has 6 heteroatoms. The maximum absolute atomic E-state index is 14.9. The lowest BCUT2D eigenvalue weighted by atomic mass is 9.95. The van der Waals surface area contributed by atoms with Crippen molar-refractivity contribution in [2.75, 3.05) is 0 Å². The van der Waals surface area contributed by atoms with Crippen LogP contribution < -0.4 is 0 Å². The number of nitrogens with zero attached hydrogens (tertiary/aromatic N) is 4. The van der Waals surface area contributed by atoms with E-state index in [-0.39, 0.29) is 5.82 Å². The molecule has 152 valence electrons. The highest BCUT2D eigenvalue weighted by Gasteiger charge is 2.16. The summed E-state index contributed by atoms with van der Waals surface area (Å²) in [7, 11) is 0. The molecule has 0 bridgehead atoms. The van der Waals surface area contributed by atoms with Gasteiger partial charge < -0.3 is 5.11 Å². The van der Waals surface area contributed by atoms with Crippen LogP contribution in [0.2, 0.25) is 0 Å². The van der Waals surface area contributed by atoms with Gasteiger partial charge in [0.05, 0.1) is 35.9 Å². The average molecular weight is 402 g/mol. The first-order chi connectivity index (χ1) is 14.3. The van der Waals surface area contributed by atoms with Crippen molar-refractivity contribution in [2.45, 2.75) is 32.9 Å². The van der Waals surface area contributed by atoms with Gasteiger partial charge in [0.25, 0.3) is 0 Å². The average Bonchev–Trinajstić information content (AvgIpc) is 3.15. The third-order valence-corrected chi connectivity index (χ3v) is 4.76. The van der Waals surface area contributed by atoms with E-state index < -0.39 is 5.60 Å². The topological polar surface area (TPSA) is 63.8 Å². The molecule has 0 fully saturated rings. The van der Waals surface area contributed by atoms with Crippen LogP contribution in [0.3, 0.4) is 0 Å². The Hall–Kier alpha value is -3.38. The van der Waals surface area contributed by atoms with Gasteiger partial charge in [-0.15, -0.1) is 0 Å². The molecule has 0 aliphatic rings. The Morgan fingerprint density at radius 3 is 2.30 bits per heavy atom. The summed E-state index contributed by atoms with van der Waals surface area (Å²) in [5, 5.41) is 14.4. The van der Waals surface area contributed by atoms with Gasteiger partial charge in [-0.2, -0.15) is 5.10 Å². The number of halogens is 1. The Kier molecular flexibility index (Phi) is 5.18. The molecular formula is C24H23FN4O. The number of hydrogen-bond donors (Lipinski definition) is 1. The first kappa shape index (κ1) is 19.9. The van der Waals surface area contributed by atoms with Crippen molar-refractivity contribution in [3.63, 3.8) is 0 Å². The molecule has 0 aliphatic heterocycles. The Morgan fingerprint density at radius 1 is 0.933 bits per heavy atom. The maximum atomic E-state index is 14.9. The van der Waals surface area contributed by atoms with E-state index in [1.807, 2.05) is 43.5 Å². The smallest absolute Gasteiger partial charge is 0.133 e. The first-order valence-electron chi connectivity index (χ1n) is 9.73. The second-order valence-corrected chi connectivity index (χ2v) is 8.02. The molecule has 2 aromatic carbocycles. The van der Waals surface area contributed by atoms with E-state index in [0.717, 1.165) is 27.9 Å². The van der Waals surface area contributed by atoms with E-state index in [1.165, 1.54) is 6.07 Å². The minimum atomic E-state index is -0.860. The summed E-state index contributed by atoms with van der Waals surface area (Å²) < 4.78 is 16.6. The number of aromatic nitrogens is 4. The van der Waals surface area contributed by atoms with Crippen molar-refractivity contribution in [2.24, 2.45) is 0 Å². The zero-order chi connectivity index (χ0) is 21.3. The number of hydrogen-bond acceptors (Lipinski definition) is 4. The van der Waals surface area contributed by atoms with Crippen LogP contribution in [0.4, 0.5) is 4.39 Å². The Balaban J connectivity index is 1.71. The van der Waals surface area contributed by atoms with E-state index in [4.69, 9.17) is 0 Å². The van der Waals surface area contributed by atoms with Crippen LogP contribution >= 0.6 is 0 Å². The molecule has 0 amide bonds. The summed E-state index contributed by atoms with van der Waals surface area (Å²) in [5.74, 6) is -0.349. The van der Waals surface area contributed by atoms with Gasteiger partial charge in [0.1, 0.15) is 5.82 Å². The van der Waals surface area contributed by atoms with Crippen LogP contribution in [-0.2, 0) is 6.54 Å². The monoisotopic (exact) mass is 402 g/mol. The van der Waals surface area contributed by atoms with Crippen molar-refractivity contribution in [3.05, 3.63) is 78.8 Å². The second-order valence-electron chi connectivity index (χ2n) is 8.02. The van der Waals surface area contributed by atoms with Crippen LogP contribution in [0, 0.1) is 12.7 Å². The Labute approximate surface area is 174 Å². The third-order valence-electron chi connectivity index (χ3n) is 4.76. The minimum Gasteiger partial charge on any atom is -0.389 e.